The van der Waals surface area contributed by atoms with Gasteiger partial charge in [-0.25, -0.2) is 13.6 Å². The number of aliphatic hydroxyl groups excluding tert-OH is 1. The van der Waals surface area contributed by atoms with Crippen LogP contribution in [0.4, 0.5) is 25.0 Å². The molecule has 0 radical (unpaired) electrons. The van der Waals surface area contributed by atoms with Crippen LogP contribution in [-0.2, 0) is 11.2 Å². The van der Waals surface area contributed by atoms with Crippen molar-refractivity contribution >= 4 is 23.3 Å². The van der Waals surface area contributed by atoms with Crippen molar-refractivity contribution in [1.82, 2.24) is 4.90 Å². The van der Waals surface area contributed by atoms with Gasteiger partial charge >= 0.3 is 6.03 Å². The van der Waals surface area contributed by atoms with Gasteiger partial charge in [-0.3, -0.25) is 9.69 Å². The number of para-hydroxylation sites is 1. The number of nitriles is 1. The summed E-state index contributed by atoms with van der Waals surface area (Å²) in [5, 5.41) is 20.0. The number of piperidine rings is 1. The van der Waals surface area contributed by atoms with Gasteiger partial charge in [0.05, 0.1) is 17.4 Å². The predicted octanol–water partition coefficient (Wildman–Crippen LogP) is 6.20. The number of hydrogen-bond acceptors (Lipinski definition) is 4. The van der Waals surface area contributed by atoms with Crippen molar-refractivity contribution in [2.45, 2.75) is 63.3 Å². The number of allylic oxidation sites excluding steroid dienone is 1. The lowest BCUT2D eigenvalue weighted by atomic mass is 9.73. The average molecular weight is 549 g/mol. The maximum atomic E-state index is 14.4. The highest BCUT2D eigenvalue weighted by Gasteiger charge is 2.45. The number of urea groups is 1. The smallest absolute Gasteiger partial charge is 0.324 e. The fourth-order valence-corrected chi connectivity index (χ4v) is 6.40. The van der Waals surface area contributed by atoms with Crippen LogP contribution in [0.25, 0.3) is 0 Å². The number of carbonyl (C=O) groups excluding carboxylic acids is 2. The number of likely N-dealkylation sites (tertiary alicyclic amines) is 1. The Labute approximate surface area is 233 Å². The molecule has 0 bridgehead atoms. The van der Waals surface area contributed by atoms with E-state index in [0.717, 1.165) is 11.3 Å². The Hall–Kier alpha value is -3.93. The molecule has 3 amide bonds. The van der Waals surface area contributed by atoms with Crippen LogP contribution >= 0.6 is 0 Å². The lowest BCUT2D eigenvalue weighted by Gasteiger charge is -2.44. The molecule has 0 spiro atoms. The molecule has 40 heavy (non-hydrogen) atoms. The molecule has 5 rings (SSSR count). The number of fused-ring (bicyclic) bond motifs is 1. The second kappa shape index (κ2) is 10.9. The molecule has 1 saturated carbocycles. The van der Waals surface area contributed by atoms with Crippen LogP contribution in [0.1, 0.15) is 56.1 Å². The van der Waals surface area contributed by atoms with Gasteiger partial charge < -0.3 is 14.9 Å². The number of hydrogen-bond donors (Lipinski definition) is 1. The summed E-state index contributed by atoms with van der Waals surface area (Å²) in [6.07, 6.45) is 1.51. The van der Waals surface area contributed by atoms with Crippen molar-refractivity contribution in [3.8, 4) is 6.07 Å². The third kappa shape index (κ3) is 5.40. The highest BCUT2D eigenvalue weighted by atomic mass is 19.3. The van der Waals surface area contributed by atoms with E-state index in [1.54, 1.807) is 46.2 Å². The molecule has 2 heterocycles. The molecule has 2 aromatic rings. The first-order chi connectivity index (χ1) is 19.1. The average Bonchev–Trinajstić information content (AvgIpc) is 3.36. The summed E-state index contributed by atoms with van der Waals surface area (Å²) in [4.78, 5) is 32.2. The number of nitrogens with zero attached hydrogens (tertiary/aromatic N) is 4. The Morgan fingerprint density at radius 1 is 1.10 bits per heavy atom. The SMILES string of the molecule is C=C(O)C1(CC(=O)N(c2ccccc2)C2CCCC(F)(F)C2)CCN(C(=O)N2CCc3ccc(C#N)cc32)CC1. The number of aliphatic hydroxyl groups is 1. The van der Waals surface area contributed by atoms with E-state index in [9.17, 15) is 28.7 Å². The minimum Gasteiger partial charge on any atom is -0.512 e. The van der Waals surface area contributed by atoms with Crippen molar-refractivity contribution in [3.63, 3.8) is 0 Å². The molecule has 1 aliphatic carbocycles. The maximum Gasteiger partial charge on any atom is 0.324 e. The third-order valence-corrected chi connectivity index (χ3v) is 8.72. The molecule has 7 nitrogen and oxygen atoms in total. The van der Waals surface area contributed by atoms with Gasteiger partial charge in [0.2, 0.25) is 11.8 Å². The van der Waals surface area contributed by atoms with E-state index in [2.05, 4.69) is 12.6 Å². The fourth-order valence-electron chi connectivity index (χ4n) is 6.40. The van der Waals surface area contributed by atoms with E-state index in [1.165, 1.54) is 4.90 Å². The number of amides is 3. The summed E-state index contributed by atoms with van der Waals surface area (Å²) >= 11 is 0. The number of rotatable bonds is 5. The molecule has 1 saturated heterocycles. The molecule has 9 heteroatoms. The molecule has 2 aromatic carbocycles. The molecule has 2 aliphatic heterocycles. The Balaban J connectivity index is 1.32. The summed E-state index contributed by atoms with van der Waals surface area (Å²) in [7, 11) is 0. The van der Waals surface area contributed by atoms with Gasteiger partial charge in [-0.05, 0) is 61.9 Å². The molecular formula is C31H34F2N4O3. The van der Waals surface area contributed by atoms with Gasteiger partial charge in [0.25, 0.3) is 0 Å². The Morgan fingerprint density at radius 2 is 1.82 bits per heavy atom. The van der Waals surface area contributed by atoms with Crippen LogP contribution in [0.5, 0.6) is 0 Å². The first-order valence-corrected chi connectivity index (χ1v) is 13.9. The Morgan fingerprint density at radius 3 is 2.48 bits per heavy atom. The molecule has 3 aliphatic rings. The lowest BCUT2D eigenvalue weighted by Crippen LogP contribution is -2.51. The summed E-state index contributed by atoms with van der Waals surface area (Å²) in [6.45, 7) is 4.93. The van der Waals surface area contributed by atoms with Crippen molar-refractivity contribution < 1.29 is 23.5 Å². The van der Waals surface area contributed by atoms with Gasteiger partial charge in [0, 0.05) is 61.7 Å². The van der Waals surface area contributed by atoms with Gasteiger partial charge in [-0.2, -0.15) is 5.26 Å². The zero-order valence-electron chi connectivity index (χ0n) is 22.5. The van der Waals surface area contributed by atoms with E-state index in [1.807, 2.05) is 12.1 Å². The second-order valence-corrected chi connectivity index (χ2v) is 11.2. The molecule has 1 N–H and O–H groups in total. The van der Waals surface area contributed by atoms with Gasteiger partial charge in [-0.1, -0.05) is 30.8 Å². The first kappa shape index (κ1) is 27.6. The predicted molar refractivity (Wildman–Crippen MR) is 148 cm³/mol. The molecule has 0 aromatic heterocycles. The quantitative estimate of drug-likeness (QED) is 0.451. The minimum absolute atomic E-state index is 0.0839. The normalized spacial score (nSPS) is 21.3. The first-order valence-electron chi connectivity index (χ1n) is 13.9. The van der Waals surface area contributed by atoms with E-state index >= 15 is 0 Å². The molecular weight excluding hydrogens is 514 g/mol. The zero-order valence-corrected chi connectivity index (χ0v) is 22.5. The summed E-state index contributed by atoms with van der Waals surface area (Å²) in [5.41, 5.74) is 1.85. The highest BCUT2D eigenvalue weighted by molar-refractivity contribution is 5.95. The summed E-state index contributed by atoms with van der Waals surface area (Å²) < 4.78 is 28.8. The largest absolute Gasteiger partial charge is 0.512 e. The standard InChI is InChI=1S/C31H34F2N4O3/c1-22(38)30(20-28(39)37(25-6-3-2-4-7-25)26-8-5-12-31(32,33)19-26)13-16-35(17-14-30)29(40)36-15-11-24-10-9-23(21-34)18-27(24)36/h2-4,6-7,9-10,18,26,38H,1,5,8,11-17,19-20H2. The van der Waals surface area contributed by atoms with E-state index in [4.69, 9.17) is 0 Å². The van der Waals surface area contributed by atoms with Crippen LogP contribution in [-0.4, -0.2) is 53.5 Å². The second-order valence-electron chi connectivity index (χ2n) is 11.2. The van der Waals surface area contributed by atoms with Crippen molar-refractivity contribution in [2.75, 3.05) is 29.4 Å². The zero-order chi connectivity index (χ0) is 28.5. The van der Waals surface area contributed by atoms with Crippen LogP contribution in [0.3, 0.4) is 0 Å². The number of carbonyl (C=O) groups is 2. The summed E-state index contributed by atoms with van der Waals surface area (Å²) in [5.74, 6) is -3.29. The van der Waals surface area contributed by atoms with Gasteiger partial charge in [0.1, 0.15) is 0 Å². The number of alkyl halides is 2. The maximum absolute atomic E-state index is 14.4. The highest BCUT2D eigenvalue weighted by Crippen LogP contribution is 2.43. The molecule has 2 fully saturated rings. The molecule has 1 atom stereocenters. The van der Waals surface area contributed by atoms with Crippen molar-refractivity contribution in [3.05, 3.63) is 72.0 Å². The number of halogens is 2. The van der Waals surface area contributed by atoms with Gasteiger partial charge in [-0.15, -0.1) is 0 Å². The number of benzene rings is 2. The summed E-state index contributed by atoms with van der Waals surface area (Å²) in [6, 6.07) is 15.5. The van der Waals surface area contributed by atoms with Crippen LogP contribution in [0, 0.1) is 16.7 Å². The van der Waals surface area contributed by atoms with Crippen LogP contribution in [0.2, 0.25) is 0 Å². The lowest BCUT2D eigenvalue weighted by molar-refractivity contribution is -0.123. The van der Waals surface area contributed by atoms with Crippen molar-refractivity contribution in [2.24, 2.45) is 5.41 Å². The van der Waals surface area contributed by atoms with E-state index < -0.39 is 23.8 Å². The monoisotopic (exact) mass is 548 g/mol. The molecule has 210 valence electrons. The fraction of sp³-hybridized carbons (Fsp3) is 0.452. The Kier molecular flexibility index (Phi) is 7.54. The topological polar surface area (TPSA) is 87.9 Å². The minimum atomic E-state index is -2.83. The van der Waals surface area contributed by atoms with Crippen LogP contribution in [0.15, 0.2) is 60.9 Å². The molecule has 1 unspecified atom stereocenters. The third-order valence-electron chi connectivity index (χ3n) is 8.72. The number of anilines is 2. The van der Waals surface area contributed by atoms with Crippen molar-refractivity contribution in [1.29, 1.82) is 5.26 Å². The van der Waals surface area contributed by atoms with E-state index in [0.29, 0.717) is 63.0 Å². The van der Waals surface area contributed by atoms with Crippen LogP contribution < -0.4 is 9.80 Å². The van der Waals surface area contributed by atoms with Gasteiger partial charge in [0.15, 0.2) is 0 Å². The van der Waals surface area contributed by atoms with E-state index in [-0.39, 0.29) is 30.5 Å². The Bertz CT molecular complexity index is 1330.